The minimum Gasteiger partial charge on any atom is -0.496 e. The number of amides is 1. The van der Waals surface area contributed by atoms with Crippen molar-refractivity contribution in [3.63, 3.8) is 0 Å². The molecule has 0 radical (unpaired) electrons. The predicted octanol–water partition coefficient (Wildman–Crippen LogP) is 2.36. The number of hydrogen-bond acceptors (Lipinski definition) is 3. The molecule has 1 fully saturated rings. The van der Waals surface area contributed by atoms with Crippen molar-refractivity contribution in [1.82, 2.24) is 5.32 Å². The first-order valence-corrected chi connectivity index (χ1v) is 6.68. The molecular formula is C15H21NO3. The third-order valence-corrected chi connectivity index (χ3v) is 3.43. The van der Waals surface area contributed by atoms with E-state index in [9.17, 15) is 4.79 Å². The second-order valence-corrected chi connectivity index (χ2v) is 4.98. The van der Waals surface area contributed by atoms with Crippen LogP contribution in [0.2, 0.25) is 0 Å². The Balaban J connectivity index is 2.08. The van der Waals surface area contributed by atoms with Crippen molar-refractivity contribution in [2.45, 2.75) is 38.8 Å². The lowest BCUT2D eigenvalue weighted by molar-refractivity contribution is -0.130. The van der Waals surface area contributed by atoms with Crippen LogP contribution in [0.25, 0.3) is 0 Å². The molecule has 0 aliphatic carbocycles. The van der Waals surface area contributed by atoms with Crippen LogP contribution in [0.15, 0.2) is 18.2 Å². The largest absolute Gasteiger partial charge is 0.496 e. The summed E-state index contributed by atoms with van der Waals surface area (Å²) < 4.78 is 10.7. The van der Waals surface area contributed by atoms with E-state index in [4.69, 9.17) is 9.47 Å². The van der Waals surface area contributed by atoms with Gasteiger partial charge in [-0.05, 0) is 32.8 Å². The topological polar surface area (TPSA) is 47.6 Å². The molecule has 1 aliphatic rings. The molecule has 0 aromatic heterocycles. The molecule has 4 nitrogen and oxygen atoms in total. The summed E-state index contributed by atoms with van der Waals surface area (Å²) in [6.07, 6.45) is 1.47. The fourth-order valence-electron chi connectivity index (χ4n) is 2.36. The van der Waals surface area contributed by atoms with Crippen LogP contribution < -0.4 is 10.1 Å². The Bertz CT molecular complexity index is 453. The van der Waals surface area contributed by atoms with Crippen LogP contribution in [-0.2, 0) is 9.53 Å². The van der Waals surface area contributed by atoms with Crippen molar-refractivity contribution in [3.05, 3.63) is 29.3 Å². The molecule has 0 saturated carbocycles. The maximum Gasteiger partial charge on any atom is 0.249 e. The highest BCUT2D eigenvalue weighted by atomic mass is 16.5. The Hall–Kier alpha value is -1.55. The summed E-state index contributed by atoms with van der Waals surface area (Å²) in [5.74, 6) is 0.763. The summed E-state index contributed by atoms with van der Waals surface area (Å²) in [7, 11) is 1.64. The maximum absolute atomic E-state index is 12.0. The van der Waals surface area contributed by atoms with Gasteiger partial charge in [0, 0.05) is 12.2 Å². The summed E-state index contributed by atoms with van der Waals surface area (Å²) in [5.41, 5.74) is 2.14. The molecule has 1 aromatic carbocycles. The highest BCUT2D eigenvalue weighted by molar-refractivity contribution is 5.81. The number of carbonyl (C=O) groups is 1. The molecule has 0 bridgehead atoms. The third kappa shape index (κ3) is 3.26. The second kappa shape index (κ2) is 6.06. The average molecular weight is 263 g/mol. The third-order valence-electron chi connectivity index (χ3n) is 3.43. The van der Waals surface area contributed by atoms with Gasteiger partial charge in [-0.2, -0.15) is 0 Å². The highest BCUT2D eigenvalue weighted by Crippen LogP contribution is 2.26. The van der Waals surface area contributed by atoms with Gasteiger partial charge < -0.3 is 14.8 Å². The molecular weight excluding hydrogens is 242 g/mol. The average Bonchev–Trinajstić information content (AvgIpc) is 2.92. The van der Waals surface area contributed by atoms with E-state index in [1.807, 2.05) is 32.0 Å². The number of rotatable bonds is 4. The molecule has 2 rings (SSSR count). The normalized spacial score (nSPS) is 20.1. The number of aryl methyl sites for hydroxylation is 1. The van der Waals surface area contributed by atoms with Gasteiger partial charge in [-0.15, -0.1) is 0 Å². The van der Waals surface area contributed by atoms with Gasteiger partial charge in [0.2, 0.25) is 5.91 Å². The molecule has 1 N–H and O–H groups in total. The number of methoxy groups -OCH3 is 1. The van der Waals surface area contributed by atoms with E-state index in [0.29, 0.717) is 6.61 Å². The zero-order valence-electron chi connectivity index (χ0n) is 11.7. The first kappa shape index (κ1) is 13.9. The second-order valence-electron chi connectivity index (χ2n) is 4.98. The smallest absolute Gasteiger partial charge is 0.249 e. The minimum atomic E-state index is -0.293. The van der Waals surface area contributed by atoms with Gasteiger partial charge in [-0.25, -0.2) is 0 Å². The number of carbonyl (C=O) groups excluding carboxylic acids is 1. The quantitative estimate of drug-likeness (QED) is 0.907. The van der Waals surface area contributed by atoms with E-state index < -0.39 is 0 Å². The van der Waals surface area contributed by atoms with Crippen LogP contribution >= 0.6 is 0 Å². The molecule has 2 atom stereocenters. The van der Waals surface area contributed by atoms with E-state index in [0.717, 1.165) is 29.7 Å². The summed E-state index contributed by atoms with van der Waals surface area (Å²) in [4.78, 5) is 12.0. The maximum atomic E-state index is 12.0. The van der Waals surface area contributed by atoms with Crippen LogP contribution in [0, 0.1) is 6.92 Å². The molecule has 1 aromatic rings. The van der Waals surface area contributed by atoms with Gasteiger partial charge in [-0.1, -0.05) is 17.7 Å². The lowest BCUT2D eigenvalue weighted by atomic mass is 10.0. The lowest BCUT2D eigenvalue weighted by Crippen LogP contribution is -2.35. The Kier molecular flexibility index (Phi) is 4.43. The van der Waals surface area contributed by atoms with E-state index in [1.54, 1.807) is 7.11 Å². The standard InChI is InChI=1S/C15H21NO3/c1-10-6-7-13(18-3)12(9-10)11(2)16-15(17)14-5-4-8-19-14/h6-7,9,11,14H,4-5,8H2,1-3H3,(H,16,17)/t11-,14-/m0/s1. The summed E-state index contributed by atoms with van der Waals surface area (Å²) in [6, 6.07) is 5.88. The van der Waals surface area contributed by atoms with Crippen molar-refractivity contribution in [2.75, 3.05) is 13.7 Å². The molecule has 19 heavy (non-hydrogen) atoms. The van der Waals surface area contributed by atoms with Gasteiger partial charge in [-0.3, -0.25) is 4.79 Å². The van der Waals surface area contributed by atoms with Crippen molar-refractivity contribution in [3.8, 4) is 5.75 Å². The minimum absolute atomic E-state index is 0.0337. The predicted molar refractivity (Wildman–Crippen MR) is 73.3 cm³/mol. The summed E-state index contributed by atoms with van der Waals surface area (Å²) in [5, 5.41) is 3.00. The molecule has 0 unspecified atom stereocenters. The van der Waals surface area contributed by atoms with Crippen LogP contribution in [-0.4, -0.2) is 25.7 Å². The summed E-state index contributed by atoms with van der Waals surface area (Å²) >= 11 is 0. The molecule has 0 spiro atoms. The van der Waals surface area contributed by atoms with Gasteiger partial charge >= 0.3 is 0 Å². The van der Waals surface area contributed by atoms with Crippen LogP contribution in [0.3, 0.4) is 0 Å². The van der Waals surface area contributed by atoms with Gasteiger partial charge in [0.25, 0.3) is 0 Å². The van der Waals surface area contributed by atoms with Gasteiger partial charge in [0.15, 0.2) is 0 Å². The fraction of sp³-hybridized carbons (Fsp3) is 0.533. The zero-order valence-corrected chi connectivity index (χ0v) is 11.7. The Labute approximate surface area is 114 Å². The lowest BCUT2D eigenvalue weighted by Gasteiger charge is -2.19. The van der Waals surface area contributed by atoms with Gasteiger partial charge in [0.05, 0.1) is 13.2 Å². The molecule has 1 aliphatic heterocycles. The molecule has 4 heteroatoms. The van der Waals surface area contributed by atoms with Crippen LogP contribution in [0.4, 0.5) is 0 Å². The van der Waals surface area contributed by atoms with Crippen molar-refractivity contribution < 1.29 is 14.3 Å². The van der Waals surface area contributed by atoms with E-state index in [1.165, 1.54) is 0 Å². The Morgan fingerprint density at radius 1 is 1.53 bits per heavy atom. The van der Waals surface area contributed by atoms with Crippen LogP contribution in [0.5, 0.6) is 5.75 Å². The number of hydrogen-bond donors (Lipinski definition) is 1. The fourth-order valence-corrected chi connectivity index (χ4v) is 2.36. The number of nitrogens with one attached hydrogen (secondary N) is 1. The first-order chi connectivity index (χ1) is 9.11. The van der Waals surface area contributed by atoms with E-state index >= 15 is 0 Å². The van der Waals surface area contributed by atoms with Crippen LogP contribution in [0.1, 0.15) is 36.9 Å². The highest BCUT2D eigenvalue weighted by Gasteiger charge is 2.25. The van der Waals surface area contributed by atoms with E-state index in [2.05, 4.69) is 5.32 Å². The van der Waals surface area contributed by atoms with Crippen molar-refractivity contribution in [1.29, 1.82) is 0 Å². The summed E-state index contributed by atoms with van der Waals surface area (Å²) in [6.45, 7) is 4.67. The monoisotopic (exact) mass is 263 g/mol. The Morgan fingerprint density at radius 2 is 2.32 bits per heavy atom. The molecule has 104 valence electrons. The molecule has 1 saturated heterocycles. The first-order valence-electron chi connectivity index (χ1n) is 6.68. The van der Waals surface area contributed by atoms with Gasteiger partial charge in [0.1, 0.15) is 11.9 Å². The zero-order chi connectivity index (χ0) is 13.8. The number of ether oxygens (including phenoxy) is 2. The molecule has 1 heterocycles. The SMILES string of the molecule is COc1ccc(C)cc1[C@H](C)NC(=O)[C@@H]1CCCO1. The Morgan fingerprint density at radius 3 is 2.95 bits per heavy atom. The molecule has 1 amide bonds. The van der Waals surface area contributed by atoms with E-state index in [-0.39, 0.29) is 18.1 Å². The van der Waals surface area contributed by atoms with Crippen molar-refractivity contribution in [2.24, 2.45) is 0 Å². The van der Waals surface area contributed by atoms with Crippen molar-refractivity contribution >= 4 is 5.91 Å². The number of benzene rings is 1.